The molecule has 4 nitrogen and oxygen atoms in total. The fourth-order valence-corrected chi connectivity index (χ4v) is 1.19. The van der Waals surface area contributed by atoms with E-state index in [0.29, 0.717) is 18.7 Å². The van der Waals surface area contributed by atoms with Gasteiger partial charge in [0.15, 0.2) is 0 Å². The molecule has 0 bridgehead atoms. The van der Waals surface area contributed by atoms with Crippen LogP contribution in [0.15, 0.2) is 18.3 Å². The second-order valence-corrected chi connectivity index (χ2v) is 3.38. The highest BCUT2D eigenvalue weighted by atomic mass is 16.5. The number of Topliss-reactive ketones (excluding diaryl/α,β-unsaturated/α-hetero) is 1. The molecule has 1 aromatic rings. The number of carbonyl (C=O) groups excluding carboxylic acids is 2. The molecule has 0 aromatic carbocycles. The summed E-state index contributed by atoms with van der Waals surface area (Å²) in [6, 6.07) is 1.69. The third-order valence-electron chi connectivity index (χ3n) is 1.92. The van der Waals surface area contributed by atoms with Gasteiger partial charge in [-0.25, -0.2) is 4.79 Å². The zero-order valence-corrected chi connectivity index (χ0v) is 9.45. The molecule has 0 saturated heterocycles. The number of H-pyrrole nitrogens is 1. The van der Waals surface area contributed by atoms with Crippen LogP contribution in [0, 0.1) is 0 Å². The molecule has 1 aromatic heterocycles. The van der Waals surface area contributed by atoms with Crippen molar-refractivity contribution in [3.05, 3.63) is 29.6 Å². The molecule has 16 heavy (non-hydrogen) atoms. The van der Waals surface area contributed by atoms with Crippen LogP contribution < -0.4 is 0 Å². The van der Waals surface area contributed by atoms with Crippen molar-refractivity contribution in [3.63, 3.8) is 0 Å². The summed E-state index contributed by atoms with van der Waals surface area (Å²) in [7, 11) is 0. The van der Waals surface area contributed by atoms with Crippen molar-refractivity contribution in [2.45, 2.75) is 20.3 Å². The summed E-state index contributed by atoms with van der Waals surface area (Å²) in [5.74, 6) is -0.258. The minimum atomic E-state index is -0.367. The van der Waals surface area contributed by atoms with E-state index in [4.69, 9.17) is 4.74 Å². The molecular weight excluding hydrogens is 206 g/mol. The highest BCUT2D eigenvalue weighted by Crippen LogP contribution is 2.07. The Balaban J connectivity index is 2.61. The van der Waals surface area contributed by atoms with Crippen molar-refractivity contribution in [3.8, 4) is 0 Å². The Morgan fingerprint density at radius 2 is 2.25 bits per heavy atom. The average molecular weight is 221 g/mol. The van der Waals surface area contributed by atoms with Crippen molar-refractivity contribution >= 4 is 17.8 Å². The molecule has 0 aliphatic carbocycles. The number of allylic oxidation sites excluding steroid dienone is 1. The minimum absolute atomic E-state index is 0.109. The van der Waals surface area contributed by atoms with Crippen LogP contribution in [0.4, 0.5) is 0 Å². The van der Waals surface area contributed by atoms with Crippen molar-refractivity contribution in [1.82, 2.24) is 4.98 Å². The van der Waals surface area contributed by atoms with E-state index in [2.05, 4.69) is 4.98 Å². The highest BCUT2D eigenvalue weighted by Gasteiger charge is 2.07. The molecule has 0 saturated carbocycles. The Kier molecular flexibility index (Phi) is 4.51. The number of rotatable bonds is 5. The first-order valence-corrected chi connectivity index (χ1v) is 5.15. The van der Waals surface area contributed by atoms with Crippen LogP contribution in [0.2, 0.25) is 0 Å². The van der Waals surface area contributed by atoms with Gasteiger partial charge in [0.05, 0.1) is 6.61 Å². The maximum Gasteiger partial charge on any atom is 0.354 e. The molecule has 0 unspecified atom stereocenters. The fraction of sp³-hybridized carbons (Fsp3) is 0.333. The fourth-order valence-electron chi connectivity index (χ4n) is 1.19. The van der Waals surface area contributed by atoms with Gasteiger partial charge in [-0.2, -0.15) is 0 Å². The molecule has 0 atom stereocenters. The van der Waals surface area contributed by atoms with Gasteiger partial charge in [-0.15, -0.1) is 0 Å². The van der Waals surface area contributed by atoms with E-state index in [1.165, 1.54) is 6.92 Å². The lowest BCUT2D eigenvalue weighted by molar-refractivity contribution is -0.116. The van der Waals surface area contributed by atoms with Crippen LogP contribution in [0.1, 0.15) is 36.3 Å². The number of nitrogens with one attached hydrogen (secondary N) is 1. The quantitative estimate of drug-likeness (QED) is 0.775. The maximum atomic E-state index is 11.3. The smallest absolute Gasteiger partial charge is 0.354 e. The largest absolute Gasteiger partial charge is 0.461 e. The highest BCUT2D eigenvalue weighted by molar-refractivity contribution is 5.88. The standard InChI is InChI=1S/C12H15NO3/c1-3-16-12(15)11-7-10(8-13-11)6-4-5-9(2)14/h4,6-8,13H,3,5H2,1-2H3/b6-4+. The third-order valence-corrected chi connectivity index (χ3v) is 1.92. The topological polar surface area (TPSA) is 59.2 Å². The lowest BCUT2D eigenvalue weighted by Crippen LogP contribution is -2.04. The number of aromatic nitrogens is 1. The van der Waals surface area contributed by atoms with E-state index in [9.17, 15) is 9.59 Å². The second-order valence-electron chi connectivity index (χ2n) is 3.38. The number of ether oxygens (including phenoxy) is 1. The lowest BCUT2D eigenvalue weighted by Gasteiger charge is -1.96. The number of hydrogen-bond donors (Lipinski definition) is 1. The zero-order valence-electron chi connectivity index (χ0n) is 9.45. The van der Waals surface area contributed by atoms with Gasteiger partial charge in [0.25, 0.3) is 0 Å². The Labute approximate surface area is 94.3 Å². The van der Waals surface area contributed by atoms with Gasteiger partial charge in [0, 0.05) is 12.6 Å². The van der Waals surface area contributed by atoms with Crippen LogP contribution in [0.3, 0.4) is 0 Å². The predicted octanol–water partition coefficient (Wildman–Crippen LogP) is 2.18. The van der Waals surface area contributed by atoms with E-state index in [1.54, 1.807) is 31.3 Å². The Morgan fingerprint density at radius 1 is 1.50 bits per heavy atom. The minimum Gasteiger partial charge on any atom is -0.461 e. The number of ketones is 1. The van der Waals surface area contributed by atoms with Crippen LogP contribution in [-0.4, -0.2) is 23.3 Å². The molecule has 0 spiro atoms. The number of aromatic amines is 1. The van der Waals surface area contributed by atoms with Gasteiger partial charge < -0.3 is 9.72 Å². The van der Waals surface area contributed by atoms with Gasteiger partial charge in [-0.1, -0.05) is 12.2 Å². The van der Waals surface area contributed by atoms with Crippen LogP contribution in [0.25, 0.3) is 6.08 Å². The molecule has 0 aliphatic heterocycles. The molecule has 0 aliphatic rings. The molecular formula is C12H15NO3. The van der Waals surface area contributed by atoms with Crippen molar-refractivity contribution < 1.29 is 14.3 Å². The Hall–Kier alpha value is -1.84. The zero-order chi connectivity index (χ0) is 12.0. The van der Waals surface area contributed by atoms with Crippen LogP contribution >= 0.6 is 0 Å². The second kappa shape index (κ2) is 5.90. The Bertz CT molecular complexity index is 404. The van der Waals surface area contributed by atoms with E-state index in [0.717, 1.165) is 5.56 Å². The summed E-state index contributed by atoms with van der Waals surface area (Å²) in [4.78, 5) is 24.8. The predicted molar refractivity (Wildman–Crippen MR) is 61.1 cm³/mol. The SMILES string of the molecule is CCOC(=O)c1cc(/C=C/CC(C)=O)c[nH]1. The monoisotopic (exact) mass is 221 g/mol. The van der Waals surface area contributed by atoms with Gasteiger partial charge in [0.1, 0.15) is 11.5 Å². The molecule has 0 fully saturated rings. The summed E-state index contributed by atoms with van der Waals surface area (Å²) in [5.41, 5.74) is 1.27. The molecule has 86 valence electrons. The van der Waals surface area contributed by atoms with Crippen LogP contribution in [0.5, 0.6) is 0 Å². The Morgan fingerprint density at radius 3 is 2.88 bits per heavy atom. The first kappa shape index (κ1) is 12.2. The molecule has 1 N–H and O–H groups in total. The van der Waals surface area contributed by atoms with Gasteiger partial charge >= 0.3 is 5.97 Å². The average Bonchev–Trinajstić information content (AvgIpc) is 2.66. The number of esters is 1. The molecule has 4 heteroatoms. The number of hydrogen-bond acceptors (Lipinski definition) is 3. The van der Waals surface area contributed by atoms with Crippen molar-refractivity contribution in [2.24, 2.45) is 0 Å². The van der Waals surface area contributed by atoms with E-state index >= 15 is 0 Å². The van der Waals surface area contributed by atoms with Crippen molar-refractivity contribution in [2.75, 3.05) is 6.61 Å². The molecule has 0 amide bonds. The lowest BCUT2D eigenvalue weighted by atomic mass is 10.2. The number of carbonyl (C=O) groups is 2. The third kappa shape index (κ3) is 3.73. The molecule has 0 radical (unpaired) electrons. The summed E-state index contributed by atoms with van der Waals surface area (Å²) >= 11 is 0. The first-order chi connectivity index (χ1) is 7.63. The van der Waals surface area contributed by atoms with Gasteiger partial charge in [0.2, 0.25) is 0 Å². The van der Waals surface area contributed by atoms with Gasteiger partial charge in [-0.05, 0) is 25.5 Å². The molecule has 1 rings (SSSR count). The van der Waals surface area contributed by atoms with Gasteiger partial charge in [-0.3, -0.25) is 4.79 Å². The summed E-state index contributed by atoms with van der Waals surface area (Å²) in [6.45, 7) is 3.65. The van der Waals surface area contributed by atoms with E-state index in [1.807, 2.05) is 0 Å². The van der Waals surface area contributed by atoms with E-state index < -0.39 is 0 Å². The maximum absolute atomic E-state index is 11.3. The first-order valence-electron chi connectivity index (χ1n) is 5.15. The van der Waals surface area contributed by atoms with E-state index in [-0.39, 0.29) is 11.8 Å². The van der Waals surface area contributed by atoms with Crippen LogP contribution in [-0.2, 0) is 9.53 Å². The normalized spacial score (nSPS) is 10.6. The van der Waals surface area contributed by atoms with Crippen molar-refractivity contribution in [1.29, 1.82) is 0 Å². The summed E-state index contributed by atoms with van der Waals surface area (Å²) in [6.07, 6.45) is 5.66. The summed E-state index contributed by atoms with van der Waals surface area (Å²) in [5, 5.41) is 0. The molecule has 1 heterocycles. The summed E-state index contributed by atoms with van der Waals surface area (Å²) < 4.78 is 4.84.